The van der Waals surface area contributed by atoms with Gasteiger partial charge in [-0.3, -0.25) is 0 Å². The van der Waals surface area contributed by atoms with E-state index in [1.54, 1.807) is 11.8 Å². The first-order valence-electron chi connectivity index (χ1n) is 7.27. The maximum Gasteiger partial charge on any atom is 0.191 e. The smallest absolute Gasteiger partial charge is 0.191 e. The Morgan fingerprint density at radius 2 is 2.14 bits per heavy atom. The summed E-state index contributed by atoms with van der Waals surface area (Å²) in [6.07, 6.45) is 3.07. The zero-order valence-corrected chi connectivity index (χ0v) is 13.4. The minimum atomic E-state index is 0.418. The Bertz CT molecular complexity index is 644. The number of aromatic nitrogens is 2. The normalized spacial score (nSPS) is 16.9. The van der Waals surface area contributed by atoms with Crippen LogP contribution in [-0.4, -0.2) is 28.8 Å². The van der Waals surface area contributed by atoms with Crippen molar-refractivity contribution < 1.29 is 0 Å². The summed E-state index contributed by atoms with van der Waals surface area (Å²) in [7, 11) is 0. The molecular weight excluding hydrogens is 280 g/mol. The molecule has 0 fully saturated rings. The van der Waals surface area contributed by atoms with Gasteiger partial charge in [0.15, 0.2) is 5.16 Å². The molecule has 0 amide bonds. The second kappa shape index (κ2) is 5.93. The van der Waals surface area contributed by atoms with E-state index in [9.17, 15) is 0 Å². The Kier molecular flexibility index (Phi) is 4.01. The molecule has 1 N–H and O–H groups in total. The lowest BCUT2D eigenvalue weighted by atomic mass is 10.1. The molecule has 1 aliphatic heterocycles. The standard InChI is InChI=1S/C16H20N4S/c1-4-17-14-10-15(19-16(18-14)21-3)20-11(2)9-12-7-5-6-8-13(12)20/h5-8,10-11H,4,9H2,1-3H3,(H,17,18,19). The van der Waals surface area contributed by atoms with Crippen molar-refractivity contribution in [3.63, 3.8) is 0 Å². The van der Waals surface area contributed by atoms with E-state index in [4.69, 9.17) is 4.98 Å². The van der Waals surface area contributed by atoms with Crippen molar-refractivity contribution in [1.82, 2.24) is 9.97 Å². The Morgan fingerprint density at radius 3 is 2.90 bits per heavy atom. The lowest BCUT2D eigenvalue weighted by Crippen LogP contribution is -2.25. The van der Waals surface area contributed by atoms with Crippen LogP contribution in [0, 0.1) is 0 Å². The molecule has 110 valence electrons. The summed E-state index contributed by atoms with van der Waals surface area (Å²) in [6, 6.07) is 11.0. The van der Waals surface area contributed by atoms with Gasteiger partial charge in [-0.25, -0.2) is 9.97 Å². The highest BCUT2D eigenvalue weighted by Crippen LogP contribution is 2.38. The molecule has 0 saturated heterocycles. The first-order chi connectivity index (χ1) is 10.2. The van der Waals surface area contributed by atoms with Gasteiger partial charge in [-0.1, -0.05) is 30.0 Å². The molecule has 3 rings (SSSR count). The molecule has 0 spiro atoms. The van der Waals surface area contributed by atoms with Crippen LogP contribution in [0.5, 0.6) is 0 Å². The van der Waals surface area contributed by atoms with E-state index < -0.39 is 0 Å². The number of para-hydroxylation sites is 1. The number of rotatable bonds is 4. The van der Waals surface area contributed by atoms with E-state index >= 15 is 0 Å². The molecule has 4 nitrogen and oxygen atoms in total. The highest BCUT2D eigenvalue weighted by molar-refractivity contribution is 7.98. The lowest BCUT2D eigenvalue weighted by molar-refractivity contribution is 0.742. The average molecular weight is 300 g/mol. The quantitative estimate of drug-likeness (QED) is 0.688. The van der Waals surface area contributed by atoms with E-state index in [2.05, 4.69) is 53.3 Å². The number of fused-ring (bicyclic) bond motifs is 1. The zero-order valence-electron chi connectivity index (χ0n) is 12.6. The lowest BCUT2D eigenvalue weighted by Gasteiger charge is -2.24. The minimum Gasteiger partial charge on any atom is -0.370 e. The number of benzene rings is 1. The van der Waals surface area contributed by atoms with Crippen LogP contribution in [0.15, 0.2) is 35.5 Å². The fraction of sp³-hybridized carbons (Fsp3) is 0.375. The van der Waals surface area contributed by atoms with Crippen molar-refractivity contribution in [3.05, 3.63) is 35.9 Å². The third kappa shape index (κ3) is 2.70. The van der Waals surface area contributed by atoms with Crippen molar-refractivity contribution in [2.75, 3.05) is 23.0 Å². The van der Waals surface area contributed by atoms with Crippen molar-refractivity contribution in [2.45, 2.75) is 31.5 Å². The first kappa shape index (κ1) is 14.2. The molecule has 1 aromatic heterocycles. The molecule has 1 unspecified atom stereocenters. The maximum atomic E-state index is 4.70. The Morgan fingerprint density at radius 1 is 1.33 bits per heavy atom. The van der Waals surface area contributed by atoms with Crippen molar-refractivity contribution >= 4 is 29.1 Å². The van der Waals surface area contributed by atoms with E-state index in [-0.39, 0.29) is 0 Å². The summed E-state index contributed by atoms with van der Waals surface area (Å²) in [4.78, 5) is 11.5. The van der Waals surface area contributed by atoms with Crippen LogP contribution >= 0.6 is 11.8 Å². The van der Waals surface area contributed by atoms with Crippen molar-refractivity contribution in [1.29, 1.82) is 0 Å². The van der Waals surface area contributed by atoms with Gasteiger partial charge in [0.05, 0.1) is 0 Å². The molecule has 2 heterocycles. The summed E-state index contributed by atoms with van der Waals surface area (Å²) in [6.45, 7) is 5.18. The molecule has 1 atom stereocenters. The van der Waals surface area contributed by atoms with Crippen LogP contribution in [-0.2, 0) is 6.42 Å². The number of hydrogen-bond donors (Lipinski definition) is 1. The number of nitrogens with zero attached hydrogens (tertiary/aromatic N) is 3. The van der Waals surface area contributed by atoms with Gasteiger partial charge in [-0.15, -0.1) is 0 Å². The average Bonchev–Trinajstić information content (AvgIpc) is 2.83. The van der Waals surface area contributed by atoms with Gasteiger partial charge in [0.2, 0.25) is 0 Å². The number of nitrogens with one attached hydrogen (secondary N) is 1. The second-order valence-corrected chi connectivity index (χ2v) is 5.95. The maximum absolute atomic E-state index is 4.70. The molecule has 21 heavy (non-hydrogen) atoms. The van der Waals surface area contributed by atoms with Gasteiger partial charge < -0.3 is 10.2 Å². The van der Waals surface area contributed by atoms with Gasteiger partial charge >= 0.3 is 0 Å². The fourth-order valence-corrected chi connectivity index (χ4v) is 3.19. The fourth-order valence-electron chi connectivity index (χ4n) is 2.81. The Labute approximate surface area is 130 Å². The predicted molar refractivity (Wildman–Crippen MR) is 89.7 cm³/mol. The summed E-state index contributed by atoms with van der Waals surface area (Å²) in [5.41, 5.74) is 2.65. The molecule has 2 aromatic rings. The van der Waals surface area contributed by atoms with E-state index in [0.717, 1.165) is 29.8 Å². The molecule has 1 aromatic carbocycles. The number of thioether (sulfide) groups is 1. The van der Waals surface area contributed by atoms with Crippen LogP contribution < -0.4 is 10.2 Å². The third-order valence-electron chi connectivity index (χ3n) is 3.69. The second-order valence-electron chi connectivity index (χ2n) is 5.18. The van der Waals surface area contributed by atoms with Gasteiger partial charge in [-0.05, 0) is 38.2 Å². The van der Waals surface area contributed by atoms with Gasteiger partial charge in [0.25, 0.3) is 0 Å². The SMILES string of the molecule is CCNc1cc(N2c3ccccc3CC2C)nc(SC)n1. The summed E-state index contributed by atoms with van der Waals surface area (Å²) < 4.78 is 0. The number of hydrogen-bond acceptors (Lipinski definition) is 5. The summed E-state index contributed by atoms with van der Waals surface area (Å²) in [5, 5.41) is 4.10. The van der Waals surface area contributed by atoms with Crippen LogP contribution in [0.4, 0.5) is 17.3 Å². The van der Waals surface area contributed by atoms with E-state index in [1.807, 2.05) is 12.3 Å². The van der Waals surface area contributed by atoms with E-state index in [1.165, 1.54) is 11.3 Å². The van der Waals surface area contributed by atoms with Crippen LogP contribution in [0.3, 0.4) is 0 Å². The highest BCUT2D eigenvalue weighted by Gasteiger charge is 2.28. The molecule has 0 saturated carbocycles. The molecular formula is C16H20N4S. The van der Waals surface area contributed by atoms with Crippen molar-refractivity contribution in [3.8, 4) is 0 Å². The first-order valence-corrected chi connectivity index (χ1v) is 8.49. The highest BCUT2D eigenvalue weighted by atomic mass is 32.2. The molecule has 1 aliphatic rings. The molecule has 5 heteroatoms. The minimum absolute atomic E-state index is 0.418. The Hall–Kier alpha value is -1.75. The topological polar surface area (TPSA) is 41.0 Å². The number of anilines is 3. The van der Waals surface area contributed by atoms with Crippen molar-refractivity contribution in [2.24, 2.45) is 0 Å². The molecule has 0 bridgehead atoms. The van der Waals surface area contributed by atoms with Gasteiger partial charge in [0.1, 0.15) is 11.6 Å². The molecule has 0 radical (unpaired) electrons. The van der Waals surface area contributed by atoms with E-state index in [0.29, 0.717) is 6.04 Å². The zero-order chi connectivity index (χ0) is 14.8. The third-order valence-corrected chi connectivity index (χ3v) is 4.23. The van der Waals surface area contributed by atoms with Crippen LogP contribution in [0.1, 0.15) is 19.4 Å². The summed E-state index contributed by atoms with van der Waals surface area (Å²) in [5.74, 6) is 1.87. The van der Waals surface area contributed by atoms with Crippen LogP contribution in [0.25, 0.3) is 0 Å². The Balaban J connectivity index is 2.05. The molecule has 0 aliphatic carbocycles. The van der Waals surface area contributed by atoms with Crippen LogP contribution in [0.2, 0.25) is 0 Å². The van der Waals surface area contributed by atoms with Gasteiger partial charge in [-0.2, -0.15) is 0 Å². The largest absolute Gasteiger partial charge is 0.370 e. The predicted octanol–water partition coefficient (Wildman–Crippen LogP) is 3.71. The monoisotopic (exact) mass is 300 g/mol. The van der Waals surface area contributed by atoms with Gasteiger partial charge in [0, 0.05) is 24.3 Å². The summed E-state index contributed by atoms with van der Waals surface area (Å²) >= 11 is 1.58.